The molecule has 21 heavy (non-hydrogen) atoms. The van der Waals surface area contributed by atoms with Gasteiger partial charge in [0.25, 0.3) is 0 Å². The third-order valence-electron chi connectivity index (χ3n) is 2.91. The molecule has 1 saturated carbocycles. The standard InChI is InChI=1S/C11H11BrClF3N2O2S/c12-10-8(17)3-6(13)4-9(10)21(19,20)18(7-1-2-7)5-11(14,15)16/h3-4,7H,1-2,5,17H2. The van der Waals surface area contributed by atoms with E-state index < -0.39 is 28.8 Å². The summed E-state index contributed by atoms with van der Waals surface area (Å²) >= 11 is 8.75. The number of anilines is 1. The zero-order valence-corrected chi connectivity index (χ0v) is 13.7. The van der Waals surface area contributed by atoms with Crippen molar-refractivity contribution >= 4 is 43.2 Å². The summed E-state index contributed by atoms with van der Waals surface area (Å²) in [4.78, 5) is -0.358. The lowest BCUT2D eigenvalue weighted by Gasteiger charge is -2.24. The van der Waals surface area contributed by atoms with E-state index in [-0.39, 0.29) is 20.1 Å². The van der Waals surface area contributed by atoms with E-state index >= 15 is 0 Å². The number of sulfonamides is 1. The Labute approximate surface area is 133 Å². The van der Waals surface area contributed by atoms with Crippen molar-refractivity contribution in [3.05, 3.63) is 21.6 Å². The Morgan fingerprint density at radius 3 is 2.43 bits per heavy atom. The highest BCUT2D eigenvalue weighted by Crippen LogP contribution is 2.39. The molecule has 118 valence electrons. The molecular weight excluding hydrogens is 397 g/mol. The molecule has 2 N–H and O–H groups in total. The number of hydrogen-bond donors (Lipinski definition) is 1. The van der Waals surface area contributed by atoms with Crippen LogP contribution in [-0.2, 0) is 10.0 Å². The Bertz CT molecular complexity index is 662. The van der Waals surface area contributed by atoms with Crippen LogP contribution in [-0.4, -0.2) is 31.5 Å². The lowest BCUT2D eigenvalue weighted by Crippen LogP contribution is -2.40. The minimum Gasteiger partial charge on any atom is -0.398 e. The van der Waals surface area contributed by atoms with Gasteiger partial charge in [0, 0.05) is 16.8 Å². The number of hydrogen-bond acceptors (Lipinski definition) is 3. The number of halogens is 5. The normalized spacial score (nSPS) is 16.5. The van der Waals surface area contributed by atoms with Gasteiger partial charge in [-0.3, -0.25) is 0 Å². The van der Waals surface area contributed by atoms with E-state index in [2.05, 4.69) is 15.9 Å². The summed E-state index contributed by atoms with van der Waals surface area (Å²) in [5, 5.41) is 0.0389. The Balaban J connectivity index is 2.49. The molecule has 1 fully saturated rings. The molecular formula is C11H11BrClF3N2O2S. The maximum Gasteiger partial charge on any atom is 0.402 e. The number of nitrogens with two attached hydrogens (primary N) is 1. The lowest BCUT2D eigenvalue weighted by atomic mass is 10.3. The van der Waals surface area contributed by atoms with Crippen LogP contribution in [0.2, 0.25) is 5.02 Å². The van der Waals surface area contributed by atoms with Crippen molar-refractivity contribution in [3.63, 3.8) is 0 Å². The van der Waals surface area contributed by atoms with Crippen LogP contribution in [0.4, 0.5) is 18.9 Å². The van der Waals surface area contributed by atoms with Gasteiger partial charge in [-0.2, -0.15) is 17.5 Å². The third kappa shape index (κ3) is 3.82. The van der Waals surface area contributed by atoms with Gasteiger partial charge in [-0.1, -0.05) is 11.6 Å². The quantitative estimate of drug-likeness (QED) is 0.778. The molecule has 1 aromatic carbocycles. The van der Waals surface area contributed by atoms with E-state index in [0.717, 1.165) is 6.07 Å². The Hall–Kier alpha value is -0.510. The van der Waals surface area contributed by atoms with Gasteiger partial charge >= 0.3 is 6.18 Å². The van der Waals surface area contributed by atoms with Gasteiger partial charge in [0.1, 0.15) is 6.54 Å². The molecule has 0 spiro atoms. The fourth-order valence-electron chi connectivity index (χ4n) is 1.85. The first-order valence-electron chi connectivity index (χ1n) is 5.85. The van der Waals surface area contributed by atoms with E-state index in [1.165, 1.54) is 6.07 Å². The van der Waals surface area contributed by atoms with Crippen LogP contribution in [0.25, 0.3) is 0 Å². The summed E-state index contributed by atoms with van der Waals surface area (Å²) in [5.41, 5.74) is 5.65. The maximum atomic E-state index is 12.6. The second-order valence-corrected chi connectivity index (χ2v) is 7.79. The zero-order chi connectivity index (χ0) is 16.0. The van der Waals surface area contributed by atoms with Crippen LogP contribution in [0.5, 0.6) is 0 Å². The lowest BCUT2D eigenvalue weighted by molar-refractivity contribution is -0.137. The van der Waals surface area contributed by atoms with Crippen molar-refractivity contribution in [1.29, 1.82) is 0 Å². The fraction of sp³-hybridized carbons (Fsp3) is 0.455. The molecule has 0 bridgehead atoms. The van der Waals surface area contributed by atoms with Crippen molar-refractivity contribution in [3.8, 4) is 0 Å². The van der Waals surface area contributed by atoms with Crippen LogP contribution in [0, 0.1) is 0 Å². The molecule has 2 rings (SSSR count). The summed E-state index contributed by atoms with van der Waals surface area (Å²) < 4.78 is 63.4. The minimum absolute atomic E-state index is 0.0136. The average Bonchev–Trinajstić information content (AvgIpc) is 3.13. The number of benzene rings is 1. The van der Waals surface area contributed by atoms with Gasteiger partial charge in [-0.05, 0) is 40.9 Å². The van der Waals surface area contributed by atoms with Gasteiger partial charge in [0.05, 0.1) is 9.37 Å². The summed E-state index contributed by atoms with van der Waals surface area (Å²) in [5.74, 6) is 0. The summed E-state index contributed by atoms with van der Waals surface area (Å²) in [6, 6.07) is 1.77. The van der Waals surface area contributed by atoms with Crippen LogP contribution in [0.1, 0.15) is 12.8 Å². The summed E-state index contributed by atoms with van der Waals surface area (Å²) in [7, 11) is -4.34. The number of rotatable bonds is 4. The largest absolute Gasteiger partial charge is 0.402 e. The SMILES string of the molecule is Nc1cc(Cl)cc(S(=O)(=O)N(CC(F)(F)F)C2CC2)c1Br. The Morgan fingerprint density at radius 2 is 1.95 bits per heavy atom. The molecule has 0 heterocycles. The Kier molecular flexibility index (Phi) is 4.50. The van der Waals surface area contributed by atoms with Crippen LogP contribution < -0.4 is 5.73 Å². The fourth-order valence-corrected chi connectivity index (χ4v) is 4.77. The molecule has 0 aromatic heterocycles. The molecule has 0 aliphatic heterocycles. The van der Waals surface area contributed by atoms with Gasteiger partial charge in [-0.15, -0.1) is 0 Å². The van der Waals surface area contributed by atoms with E-state index in [1.807, 2.05) is 0 Å². The van der Waals surface area contributed by atoms with Gasteiger partial charge in [0.2, 0.25) is 10.0 Å². The van der Waals surface area contributed by atoms with Gasteiger partial charge < -0.3 is 5.73 Å². The van der Waals surface area contributed by atoms with E-state index in [1.54, 1.807) is 0 Å². The van der Waals surface area contributed by atoms with Crippen LogP contribution >= 0.6 is 27.5 Å². The zero-order valence-electron chi connectivity index (χ0n) is 10.5. The van der Waals surface area contributed by atoms with Crippen molar-refractivity contribution in [2.24, 2.45) is 0 Å². The molecule has 4 nitrogen and oxygen atoms in total. The first-order valence-corrected chi connectivity index (χ1v) is 8.46. The second-order valence-electron chi connectivity index (χ2n) is 4.70. The third-order valence-corrected chi connectivity index (χ3v) is 6.20. The first kappa shape index (κ1) is 16.9. The molecule has 1 aliphatic carbocycles. The molecule has 0 unspecified atom stereocenters. The molecule has 0 radical (unpaired) electrons. The van der Waals surface area contributed by atoms with Crippen molar-refractivity contribution in [2.45, 2.75) is 30.0 Å². The molecule has 10 heteroatoms. The highest BCUT2D eigenvalue weighted by molar-refractivity contribution is 9.10. The smallest absolute Gasteiger partial charge is 0.398 e. The molecule has 1 aromatic rings. The minimum atomic E-state index is -4.62. The predicted octanol–water partition coefficient (Wildman–Crippen LogP) is 3.40. The second kappa shape index (κ2) is 5.60. The Morgan fingerprint density at radius 1 is 1.38 bits per heavy atom. The maximum absolute atomic E-state index is 12.6. The first-order chi connectivity index (χ1) is 9.52. The molecule has 0 saturated heterocycles. The van der Waals surface area contributed by atoms with Crippen molar-refractivity contribution in [1.82, 2.24) is 4.31 Å². The van der Waals surface area contributed by atoms with Gasteiger partial charge in [-0.25, -0.2) is 8.42 Å². The van der Waals surface area contributed by atoms with E-state index in [4.69, 9.17) is 17.3 Å². The molecule has 0 atom stereocenters. The van der Waals surface area contributed by atoms with Crippen LogP contribution in [0.3, 0.4) is 0 Å². The molecule has 0 amide bonds. The monoisotopic (exact) mass is 406 g/mol. The topological polar surface area (TPSA) is 63.4 Å². The summed E-state index contributed by atoms with van der Waals surface area (Å²) in [6.07, 6.45) is -3.81. The van der Waals surface area contributed by atoms with Crippen LogP contribution in [0.15, 0.2) is 21.5 Å². The van der Waals surface area contributed by atoms with E-state index in [9.17, 15) is 21.6 Å². The summed E-state index contributed by atoms with van der Waals surface area (Å²) in [6.45, 7) is -1.53. The highest BCUT2D eigenvalue weighted by atomic mass is 79.9. The average molecular weight is 408 g/mol. The molecule has 1 aliphatic rings. The predicted molar refractivity (Wildman–Crippen MR) is 76.5 cm³/mol. The number of nitrogens with zero attached hydrogens (tertiary/aromatic N) is 1. The van der Waals surface area contributed by atoms with Gasteiger partial charge in [0.15, 0.2) is 0 Å². The van der Waals surface area contributed by atoms with Crippen molar-refractivity contribution < 1.29 is 21.6 Å². The van der Waals surface area contributed by atoms with E-state index in [0.29, 0.717) is 17.1 Å². The highest BCUT2D eigenvalue weighted by Gasteiger charge is 2.45. The number of alkyl halides is 3. The van der Waals surface area contributed by atoms with Crippen molar-refractivity contribution in [2.75, 3.05) is 12.3 Å². The number of nitrogen functional groups attached to an aromatic ring is 1.